The van der Waals surface area contributed by atoms with E-state index in [1.165, 1.54) is 10.6 Å². The topological polar surface area (TPSA) is 92.4 Å². The van der Waals surface area contributed by atoms with Gasteiger partial charge in [-0.2, -0.15) is 0 Å². The number of nitrogens with zero attached hydrogens (tertiary/aromatic N) is 2. The van der Waals surface area contributed by atoms with E-state index in [0.29, 0.717) is 29.6 Å². The third-order valence-electron chi connectivity index (χ3n) is 4.93. The standard InChI is InChI=1S/C23H17BrN2O4/c24-21-19-17(20(27)18(25-21)23(29)30)13-16(15-9-5-2-6-10-15)22(28)26(19)12-11-14-7-3-1-4-8-14/h1-10,13,27H,11-12H2,(H,29,30). The zero-order valence-corrected chi connectivity index (χ0v) is 17.3. The molecule has 0 radical (unpaired) electrons. The number of rotatable bonds is 5. The quantitative estimate of drug-likeness (QED) is 0.425. The van der Waals surface area contributed by atoms with Crippen LogP contribution in [-0.4, -0.2) is 25.7 Å². The Bertz CT molecular complexity index is 1300. The fraction of sp³-hybridized carbons (Fsp3) is 0.0870. The van der Waals surface area contributed by atoms with Crippen molar-refractivity contribution in [3.05, 3.63) is 92.9 Å². The number of pyridine rings is 2. The third-order valence-corrected chi connectivity index (χ3v) is 5.48. The lowest BCUT2D eigenvalue weighted by atomic mass is 10.0. The lowest BCUT2D eigenvalue weighted by Gasteiger charge is -2.16. The molecule has 0 aliphatic carbocycles. The zero-order valence-electron chi connectivity index (χ0n) is 15.7. The van der Waals surface area contributed by atoms with Crippen molar-refractivity contribution >= 4 is 32.8 Å². The number of fused-ring (bicyclic) bond motifs is 1. The highest BCUT2D eigenvalue weighted by Crippen LogP contribution is 2.34. The van der Waals surface area contributed by atoms with E-state index in [-0.39, 0.29) is 15.5 Å². The largest absolute Gasteiger partial charge is 0.505 e. The first-order valence-corrected chi connectivity index (χ1v) is 10.1. The average Bonchev–Trinajstić information content (AvgIpc) is 2.76. The number of aromatic nitrogens is 2. The van der Waals surface area contributed by atoms with Gasteiger partial charge in [0.15, 0.2) is 11.4 Å². The molecule has 0 saturated heterocycles. The highest BCUT2D eigenvalue weighted by molar-refractivity contribution is 9.10. The number of aryl methyl sites for hydroxylation is 2. The molecule has 0 amide bonds. The van der Waals surface area contributed by atoms with Crippen LogP contribution in [0.25, 0.3) is 22.0 Å². The summed E-state index contributed by atoms with van der Waals surface area (Å²) in [7, 11) is 0. The molecule has 0 aliphatic heterocycles. The molecule has 150 valence electrons. The fourth-order valence-corrected chi connectivity index (χ4v) is 4.08. The number of aromatic hydroxyl groups is 1. The van der Waals surface area contributed by atoms with Crippen LogP contribution < -0.4 is 5.56 Å². The van der Waals surface area contributed by atoms with E-state index >= 15 is 0 Å². The second-order valence-electron chi connectivity index (χ2n) is 6.78. The van der Waals surface area contributed by atoms with Gasteiger partial charge in [-0.15, -0.1) is 0 Å². The number of carbonyl (C=O) groups is 1. The van der Waals surface area contributed by atoms with Crippen molar-refractivity contribution < 1.29 is 15.0 Å². The summed E-state index contributed by atoms with van der Waals surface area (Å²) in [6, 6.07) is 20.3. The Balaban J connectivity index is 1.99. The number of hydrogen-bond donors (Lipinski definition) is 2. The Hall–Kier alpha value is -3.45. The normalized spacial score (nSPS) is 11.0. The monoisotopic (exact) mass is 464 g/mol. The Morgan fingerprint density at radius 1 is 1.03 bits per heavy atom. The molecule has 0 fully saturated rings. The van der Waals surface area contributed by atoms with Gasteiger partial charge in [0.1, 0.15) is 4.60 Å². The van der Waals surface area contributed by atoms with E-state index < -0.39 is 17.4 Å². The van der Waals surface area contributed by atoms with Gasteiger partial charge in [-0.1, -0.05) is 60.7 Å². The summed E-state index contributed by atoms with van der Waals surface area (Å²) in [5.74, 6) is -1.82. The van der Waals surface area contributed by atoms with Gasteiger partial charge in [0.2, 0.25) is 0 Å². The van der Waals surface area contributed by atoms with E-state index in [9.17, 15) is 19.8 Å². The summed E-state index contributed by atoms with van der Waals surface area (Å²) in [5, 5.41) is 20.3. The Morgan fingerprint density at radius 2 is 1.67 bits per heavy atom. The Morgan fingerprint density at radius 3 is 2.30 bits per heavy atom. The van der Waals surface area contributed by atoms with E-state index in [1.807, 2.05) is 48.5 Å². The van der Waals surface area contributed by atoms with Crippen molar-refractivity contribution in [1.82, 2.24) is 9.55 Å². The lowest BCUT2D eigenvalue weighted by molar-refractivity contribution is 0.0687. The van der Waals surface area contributed by atoms with Crippen molar-refractivity contribution in [2.75, 3.05) is 0 Å². The molecule has 0 atom stereocenters. The molecule has 7 heteroatoms. The van der Waals surface area contributed by atoms with Crippen LogP contribution in [0, 0.1) is 0 Å². The maximum Gasteiger partial charge on any atom is 0.358 e. The summed E-state index contributed by atoms with van der Waals surface area (Å²) in [4.78, 5) is 28.9. The maximum absolute atomic E-state index is 13.4. The molecule has 2 aromatic heterocycles. The van der Waals surface area contributed by atoms with Gasteiger partial charge in [0, 0.05) is 17.5 Å². The summed E-state index contributed by atoms with van der Waals surface area (Å²) in [6.07, 6.45) is 0.585. The summed E-state index contributed by atoms with van der Waals surface area (Å²) in [6.45, 7) is 0.339. The smallest absolute Gasteiger partial charge is 0.358 e. The number of aromatic carboxylic acids is 1. The number of carboxylic acids is 1. The van der Waals surface area contributed by atoms with Crippen LogP contribution in [0.4, 0.5) is 0 Å². The molecule has 6 nitrogen and oxygen atoms in total. The molecule has 30 heavy (non-hydrogen) atoms. The molecule has 0 spiro atoms. The number of benzene rings is 2. The molecule has 2 aromatic carbocycles. The number of carboxylic acid groups (broad SMARTS) is 1. The predicted octanol–water partition coefficient (Wildman–Crippen LogP) is 4.47. The minimum Gasteiger partial charge on any atom is -0.505 e. The van der Waals surface area contributed by atoms with Gasteiger partial charge in [-0.05, 0) is 39.5 Å². The van der Waals surface area contributed by atoms with Gasteiger partial charge < -0.3 is 14.8 Å². The second-order valence-corrected chi connectivity index (χ2v) is 7.53. The Kier molecular flexibility index (Phi) is 5.37. The number of halogens is 1. The highest BCUT2D eigenvalue weighted by Gasteiger charge is 2.22. The molecule has 0 aliphatic rings. The van der Waals surface area contributed by atoms with Gasteiger partial charge in [0.25, 0.3) is 5.56 Å². The molecule has 0 unspecified atom stereocenters. The minimum atomic E-state index is -1.35. The summed E-state index contributed by atoms with van der Waals surface area (Å²) < 4.78 is 1.73. The van der Waals surface area contributed by atoms with Crippen molar-refractivity contribution in [1.29, 1.82) is 0 Å². The van der Waals surface area contributed by atoms with Crippen LogP contribution in [0.3, 0.4) is 0 Å². The molecule has 2 heterocycles. The van der Waals surface area contributed by atoms with E-state index in [2.05, 4.69) is 20.9 Å². The van der Waals surface area contributed by atoms with Crippen molar-refractivity contribution in [3.63, 3.8) is 0 Å². The highest BCUT2D eigenvalue weighted by atomic mass is 79.9. The van der Waals surface area contributed by atoms with Crippen LogP contribution in [0.2, 0.25) is 0 Å². The molecular weight excluding hydrogens is 448 g/mol. The van der Waals surface area contributed by atoms with Crippen LogP contribution in [0.15, 0.2) is 76.1 Å². The predicted molar refractivity (Wildman–Crippen MR) is 118 cm³/mol. The first-order chi connectivity index (χ1) is 14.5. The van der Waals surface area contributed by atoms with Crippen molar-refractivity contribution in [3.8, 4) is 16.9 Å². The van der Waals surface area contributed by atoms with E-state index in [0.717, 1.165) is 5.56 Å². The van der Waals surface area contributed by atoms with Gasteiger partial charge in [-0.3, -0.25) is 4.79 Å². The number of hydrogen-bond acceptors (Lipinski definition) is 4. The van der Waals surface area contributed by atoms with Gasteiger partial charge in [0.05, 0.1) is 5.52 Å². The van der Waals surface area contributed by atoms with Gasteiger partial charge in [-0.25, -0.2) is 9.78 Å². The lowest BCUT2D eigenvalue weighted by Crippen LogP contribution is -2.24. The first-order valence-electron chi connectivity index (χ1n) is 9.26. The zero-order chi connectivity index (χ0) is 21.3. The average molecular weight is 465 g/mol. The molecular formula is C23H17BrN2O4. The van der Waals surface area contributed by atoms with E-state index in [1.54, 1.807) is 12.1 Å². The fourth-order valence-electron chi connectivity index (χ4n) is 3.47. The van der Waals surface area contributed by atoms with Crippen molar-refractivity contribution in [2.45, 2.75) is 13.0 Å². The van der Waals surface area contributed by atoms with E-state index in [4.69, 9.17) is 0 Å². The van der Waals surface area contributed by atoms with Crippen LogP contribution in [0.1, 0.15) is 16.1 Å². The first kappa shape index (κ1) is 19.8. The molecule has 0 bridgehead atoms. The summed E-state index contributed by atoms with van der Waals surface area (Å²) >= 11 is 3.30. The van der Waals surface area contributed by atoms with Crippen LogP contribution >= 0.6 is 15.9 Å². The van der Waals surface area contributed by atoms with Gasteiger partial charge >= 0.3 is 5.97 Å². The SMILES string of the molecule is O=C(O)c1nc(Br)c2c(cc(-c3ccccc3)c(=O)n2CCc2ccccc2)c1O. The third kappa shape index (κ3) is 3.59. The summed E-state index contributed by atoms with van der Waals surface area (Å²) in [5.41, 5.74) is 1.76. The van der Waals surface area contributed by atoms with Crippen LogP contribution in [0.5, 0.6) is 5.75 Å². The molecule has 4 rings (SSSR count). The Labute approximate surface area is 180 Å². The molecule has 0 saturated carbocycles. The van der Waals surface area contributed by atoms with Crippen molar-refractivity contribution in [2.24, 2.45) is 0 Å². The second kappa shape index (κ2) is 8.12. The minimum absolute atomic E-state index is 0.192. The van der Waals surface area contributed by atoms with Crippen LogP contribution in [-0.2, 0) is 13.0 Å². The maximum atomic E-state index is 13.4. The molecule has 4 aromatic rings. The molecule has 2 N–H and O–H groups in total.